The zero-order valence-corrected chi connectivity index (χ0v) is 16.8. The first-order valence-electron chi connectivity index (χ1n) is 10.0. The van der Waals surface area contributed by atoms with Gasteiger partial charge in [0, 0.05) is 30.1 Å². The summed E-state index contributed by atoms with van der Waals surface area (Å²) in [6.45, 7) is 2.53. The van der Waals surface area contributed by atoms with Gasteiger partial charge in [0.1, 0.15) is 17.5 Å². The van der Waals surface area contributed by atoms with E-state index in [1.807, 2.05) is 24.0 Å². The first-order valence-corrected chi connectivity index (χ1v) is 10.0. The fraction of sp³-hybridized carbons (Fsp3) is 0.227. The second-order valence-electron chi connectivity index (χ2n) is 7.67. The molecule has 0 radical (unpaired) electrons. The van der Waals surface area contributed by atoms with Gasteiger partial charge in [-0.2, -0.15) is 10.2 Å². The van der Waals surface area contributed by atoms with Crippen LogP contribution in [0.2, 0.25) is 0 Å². The van der Waals surface area contributed by atoms with E-state index in [0.717, 1.165) is 30.3 Å². The zero-order valence-electron chi connectivity index (χ0n) is 16.8. The fourth-order valence-corrected chi connectivity index (χ4v) is 4.17. The number of fused-ring (bicyclic) bond motifs is 1. The van der Waals surface area contributed by atoms with Gasteiger partial charge in [-0.15, -0.1) is 0 Å². The van der Waals surface area contributed by atoms with E-state index in [1.54, 1.807) is 16.8 Å². The molecule has 158 valence electrons. The van der Waals surface area contributed by atoms with Gasteiger partial charge >= 0.3 is 0 Å². The van der Waals surface area contributed by atoms with E-state index < -0.39 is 11.6 Å². The van der Waals surface area contributed by atoms with Gasteiger partial charge in [-0.25, -0.2) is 13.3 Å². The van der Waals surface area contributed by atoms with Crippen LogP contribution < -0.4 is 10.2 Å². The van der Waals surface area contributed by atoms with Crippen molar-refractivity contribution < 1.29 is 13.6 Å². The van der Waals surface area contributed by atoms with Crippen LogP contribution in [-0.2, 0) is 0 Å². The highest BCUT2D eigenvalue weighted by atomic mass is 19.1. The van der Waals surface area contributed by atoms with E-state index in [4.69, 9.17) is 0 Å². The van der Waals surface area contributed by atoms with Crippen LogP contribution in [0.5, 0.6) is 0 Å². The molecule has 4 heterocycles. The Morgan fingerprint density at radius 1 is 1.23 bits per heavy atom. The molecule has 4 aromatic rings. The Balaban J connectivity index is 1.48. The quantitative estimate of drug-likeness (QED) is 0.516. The molecule has 1 unspecified atom stereocenters. The molecule has 1 aliphatic heterocycles. The first-order chi connectivity index (χ1) is 15.0. The van der Waals surface area contributed by atoms with Crippen molar-refractivity contribution in [1.82, 2.24) is 19.8 Å². The third-order valence-electron chi connectivity index (χ3n) is 5.61. The number of carbonyl (C=O) groups is 1. The van der Waals surface area contributed by atoms with E-state index >= 15 is 0 Å². The Morgan fingerprint density at radius 3 is 2.90 bits per heavy atom. The van der Waals surface area contributed by atoms with Gasteiger partial charge in [-0.1, -0.05) is 0 Å². The molecule has 7 nitrogen and oxygen atoms in total. The SMILES string of the molecule is Cc1cc(NC(=O)c2cnn3ccc(N4CCCC4c4cc(F)ccc4F)cc23)[nH]n1. The molecular formula is C22H20F2N6O. The largest absolute Gasteiger partial charge is 0.364 e. The van der Waals surface area contributed by atoms with Crippen LogP contribution >= 0.6 is 0 Å². The number of hydrogen-bond acceptors (Lipinski definition) is 4. The molecule has 0 saturated carbocycles. The smallest absolute Gasteiger partial charge is 0.260 e. The molecule has 1 atom stereocenters. The third kappa shape index (κ3) is 3.52. The number of rotatable bonds is 4. The number of aryl methyl sites for hydroxylation is 1. The lowest BCUT2D eigenvalue weighted by atomic mass is 10.0. The number of pyridine rings is 1. The summed E-state index contributed by atoms with van der Waals surface area (Å²) in [5, 5.41) is 13.8. The maximum Gasteiger partial charge on any atom is 0.260 e. The molecule has 0 aliphatic carbocycles. The predicted octanol–water partition coefficient (Wildman–Crippen LogP) is 4.24. The van der Waals surface area contributed by atoms with Gasteiger partial charge < -0.3 is 10.2 Å². The Hall–Kier alpha value is -3.75. The van der Waals surface area contributed by atoms with Crippen molar-refractivity contribution in [2.75, 3.05) is 16.8 Å². The number of nitrogens with zero attached hydrogens (tertiary/aromatic N) is 4. The minimum Gasteiger partial charge on any atom is -0.364 e. The van der Waals surface area contributed by atoms with Crippen LogP contribution in [0.15, 0.2) is 48.8 Å². The molecule has 1 amide bonds. The van der Waals surface area contributed by atoms with Crippen molar-refractivity contribution >= 4 is 22.9 Å². The van der Waals surface area contributed by atoms with Crippen LogP contribution in [0.25, 0.3) is 5.52 Å². The molecule has 1 aliphatic rings. The third-order valence-corrected chi connectivity index (χ3v) is 5.61. The van der Waals surface area contributed by atoms with Gasteiger partial charge in [0.2, 0.25) is 0 Å². The first kappa shape index (κ1) is 19.2. The number of H-pyrrole nitrogens is 1. The summed E-state index contributed by atoms with van der Waals surface area (Å²) in [4.78, 5) is 14.8. The van der Waals surface area contributed by atoms with Gasteiger partial charge in [-0.3, -0.25) is 9.89 Å². The molecule has 2 N–H and O–H groups in total. The monoisotopic (exact) mass is 422 g/mol. The van der Waals surface area contributed by atoms with E-state index in [9.17, 15) is 13.6 Å². The molecule has 3 aromatic heterocycles. The Kier molecular flexibility index (Phi) is 4.65. The summed E-state index contributed by atoms with van der Waals surface area (Å²) in [6.07, 6.45) is 4.85. The summed E-state index contributed by atoms with van der Waals surface area (Å²) in [5.74, 6) is -0.690. The van der Waals surface area contributed by atoms with E-state index in [1.165, 1.54) is 18.3 Å². The van der Waals surface area contributed by atoms with Crippen LogP contribution in [0, 0.1) is 18.6 Å². The Labute approximate surface area is 176 Å². The maximum absolute atomic E-state index is 14.4. The van der Waals surface area contributed by atoms with Crippen LogP contribution in [0.3, 0.4) is 0 Å². The molecule has 1 saturated heterocycles. The molecule has 1 aromatic carbocycles. The number of nitrogens with one attached hydrogen (secondary N) is 2. The van der Waals surface area contributed by atoms with Crippen molar-refractivity contribution in [2.24, 2.45) is 0 Å². The highest BCUT2D eigenvalue weighted by Gasteiger charge is 2.29. The lowest BCUT2D eigenvalue weighted by Gasteiger charge is -2.27. The molecule has 5 rings (SSSR count). The van der Waals surface area contributed by atoms with Gasteiger partial charge in [0.25, 0.3) is 5.91 Å². The maximum atomic E-state index is 14.4. The number of carbonyl (C=O) groups excluding carboxylic acids is 1. The summed E-state index contributed by atoms with van der Waals surface area (Å²) in [5.41, 5.74) is 2.96. The van der Waals surface area contributed by atoms with E-state index in [2.05, 4.69) is 20.6 Å². The lowest BCUT2D eigenvalue weighted by molar-refractivity contribution is 0.102. The number of aromatic amines is 1. The summed E-state index contributed by atoms with van der Waals surface area (Å²) < 4.78 is 29.8. The van der Waals surface area contributed by atoms with Crippen molar-refractivity contribution in [2.45, 2.75) is 25.8 Å². The molecular weight excluding hydrogens is 402 g/mol. The number of benzene rings is 1. The highest BCUT2D eigenvalue weighted by Crippen LogP contribution is 2.38. The van der Waals surface area contributed by atoms with Crippen molar-refractivity contribution in [3.8, 4) is 0 Å². The molecule has 31 heavy (non-hydrogen) atoms. The second-order valence-corrected chi connectivity index (χ2v) is 7.67. The number of halogens is 2. The Morgan fingerprint density at radius 2 is 2.10 bits per heavy atom. The van der Waals surface area contributed by atoms with Gasteiger partial charge in [-0.05, 0) is 50.1 Å². The minimum absolute atomic E-state index is 0.272. The summed E-state index contributed by atoms with van der Waals surface area (Å²) in [7, 11) is 0. The van der Waals surface area contributed by atoms with Crippen LogP contribution in [0.4, 0.5) is 20.3 Å². The number of amides is 1. The number of hydrogen-bond donors (Lipinski definition) is 2. The average molecular weight is 422 g/mol. The summed E-state index contributed by atoms with van der Waals surface area (Å²) >= 11 is 0. The fourth-order valence-electron chi connectivity index (χ4n) is 4.17. The highest BCUT2D eigenvalue weighted by molar-refractivity contribution is 6.08. The van der Waals surface area contributed by atoms with Gasteiger partial charge in [0.05, 0.1) is 29.0 Å². The molecule has 0 spiro atoms. The van der Waals surface area contributed by atoms with Crippen molar-refractivity contribution in [1.29, 1.82) is 0 Å². The van der Waals surface area contributed by atoms with E-state index in [-0.39, 0.29) is 11.9 Å². The van der Waals surface area contributed by atoms with Crippen molar-refractivity contribution in [3.63, 3.8) is 0 Å². The van der Waals surface area contributed by atoms with Gasteiger partial charge in [0.15, 0.2) is 0 Å². The number of aromatic nitrogens is 4. The van der Waals surface area contributed by atoms with E-state index in [0.29, 0.717) is 29.0 Å². The number of anilines is 2. The Bertz CT molecular complexity index is 1280. The summed E-state index contributed by atoms with van der Waals surface area (Å²) in [6, 6.07) is 8.75. The van der Waals surface area contributed by atoms with Crippen molar-refractivity contribution in [3.05, 3.63) is 77.2 Å². The molecule has 1 fully saturated rings. The average Bonchev–Trinajstić information content (AvgIpc) is 3.48. The zero-order chi connectivity index (χ0) is 21.5. The standard InChI is InChI=1S/C22H20F2N6O/c1-13-9-21(28-27-13)26-22(31)17-12-25-30-8-6-15(11-20(17)30)29-7-2-3-19(29)16-10-14(23)4-5-18(16)24/h4-6,8-12,19H,2-3,7H2,1H3,(H2,26,27,28,31). The minimum atomic E-state index is -0.456. The van der Waals surface area contributed by atoms with Crippen LogP contribution in [-0.4, -0.2) is 32.3 Å². The predicted molar refractivity (Wildman–Crippen MR) is 112 cm³/mol. The van der Waals surface area contributed by atoms with Crippen LogP contribution in [0.1, 0.15) is 40.5 Å². The lowest BCUT2D eigenvalue weighted by Crippen LogP contribution is -2.23. The topological polar surface area (TPSA) is 78.3 Å². The molecule has 0 bridgehead atoms. The second kappa shape index (κ2) is 7.50. The normalized spacial score (nSPS) is 16.2. The molecule has 9 heteroatoms.